The molecule has 2 amide bonds. The third-order valence-electron chi connectivity index (χ3n) is 3.71. The van der Waals surface area contributed by atoms with Gasteiger partial charge >= 0.3 is 18.2 Å². The molecule has 1 aliphatic rings. The number of ether oxygens (including phenoxy) is 1. The van der Waals surface area contributed by atoms with Gasteiger partial charge in [0, 0.05) is 0 Å². The normalized spacial score (nSPS) is 26.5. The molecule has 0 aromatic heterocycles. The lowest BCUT2D eigenvalue weighted by molar-refractivity contribution is -0.294. The van der Waals surface area contributed by atoms with Gasteiger partial charge in [-0.05, 0) is 24.6 Å². The fourth-order valence-corrected chi connectivity index (χ4v) is 2.55. The number of rotatable bonds is 3. The molecule has 0 radical (unpaired) electrons. The van der Waals surface area contributed by atoms with Crippen molar-refractivity contribution in [3.05, 3.63) is 23.8 Å². The van der Waals surface area contributed by atoms with E-state index in [0.717, 1.165) is 18.2 Å². The third kappa shape index (κ3) is 3.27. The summed E-state index contributed by atoms with van der Waals surface area (Å²) in [6.07, 6.45) is -5.39. The minimum Gasteiger partial charge on any atom is -0.504 e. The number of esters is 1. The van der Waals surface area contributed by atoms with E-state index in [4.69, 9.17) is 0 Å². The van der Waals surface area contributed by atoms with Gasteiger partial charge in [0.2, 0.25) is 0 Å². The SMILES string of the molecule is CCOC(=O)[C@@H]1[C@@H](c2ccc(O)c(O)c2)NC(=O)N[C@@]1(O)C(F)(F)F. The van der Waals surface area contributed by atoms with Crippen molar-refractivity contribution in [3.63, 3.8) is 0 Å². The highest BCUT2D eigenvalue weighted by molar-refractivity contribution is 5.83. The standard InChI is InChI=1S/C14H15F3N2O6/c1-2-25-11(22)9-10(6-3-4-7(20)8(21)5-6)18-12(23)19-13(9,24)14(15,16)17/h3-5,9-10,20-21,24H,2H2,1H3,(H2,18,19,23)/t9-,10+,13-/m0/s1. The lowest BCUT2D eigenvalue weighted by atomic mass is 9.82. The van der Waals surface area contributed by atoms with Crippen LogP contribution in [-0.2, 0) is 9.53 Å². The van der Waals surface area contributed by atoms with E-state index in [1.807, 2.05) is 0 Å². The number of benzene rings is 1. The van der Waals surface area contributed by atoms with E-state index in [1.165, 1.54) is 12.2 Å². The van der Waals surface area contributed by atoms with E-state index in [9.17, 15) is 38.1 Å². The molecule has 0 spiro atoms. The van der Waals surface area contributed by atoms with Crippen LogP contribution in [0.3, 0.4) is 0 Å². The zero-order valence-electron chi connectivity index (χ0n) is 12.8. The van der Waals surface area contributed by atoms with Crippen LogP contribution in [0.4, 0.5) is 18.0 Å². The minimum absolute atomic E-state index is 0.147. The molecule has 3 atom stereocenters. The predicted octanol–water partition coefficient (Wildman–Crippen LogP) is 0.882. The molecule has 0 unspecified atom stereocenters. The molecular formula is C14H15F3N2O6. The summed E-state index contributed by atoms with van der Waals surface area (Å²) in [7, 11) is 0. The van der Waals surface area contributed by atoms with Crippen LogP contribution in [0, 0.1) is 5.92 Å². The number of hydrogen-bond acceptors (Lipinski definition) is 6. The second-order valence-corrected chi connectivity index (χ2v) is 5.32. The molecule has 138 valence electrons. The van der Waals surface area contributed by atoms with Crippen LogP contribution in [0.25, 0.3) is 0 Å². The second kappa shape index (κ2) is 6.31. The molecule has 1 aromatic rings. The lowest BCUT2D eigenvalue weighted by Gasteiger charge is -2.44. The topological polar surface area (TPSA) is 128 Å². The van der Waals surface area contributed by atoms with Gasteiger partial charge in [-0.25, -0.2) is 4.79 Å². The first kappa shape index (κ1) is 18.6. The van der Waals surface area contributed by atoms with Crippen LogP contribution < -0.4 is 10.6 Å². The predicted molar refractivity (Wildman–Crippen MR) is 75.3 cm³/mol. The number of amides is 2. The van der Waals surface area contributed by atoms with Crippen molar-refractivity contribution in [2.45, 2.75) is 24.9 Å². The molecule has 11 heteroatoms. The Labute approximate surface area is 139 Å². The Morgan fingerprint density at radius 2 is 1.96 bits per heavy atom. The number of phenolic OH excluding ortho intramolecular Hbond substituents is 2. The summed E-state index contributed by atoms with van der Waals surface area (Å²) >= 11 is 0. The Balaban J connectivity index is 2.59. The van der Waals surface area contributed by atoms with Crippen molar-refractivity contribution in [1.29, 1.82) is 0 Å². The number of phenols is 2. The number of nitrogens with one attached hydrogen (secondary N) is 2. The van der Waals surface area contributed by atoms with Crippen LogP contribution >= 0.6 is 0 Å². The van der Waals surface area contributed by atoms with Gasteiger partial charge in [0.1, 0.15) is 5.92 Å². The monoisotopic (exact) mass is 364 g/mol. The Morgan fingerprint density at radius 3 is 2.48 bits per heavy atom. The minimum atomic E-state index is -5.39. The Bertz CT molecular complexity index is 696. The van der Waals surface area contributed by atoms with Crippen molar-refractivity contribution in [2.24, 2.45) is 5.92 Å². The van der Waals surface area contributed by atoms with Crippen LogP contribution in [-0.4, -0.2) is 45.8 Å². The first-order valence-electron chi connectivity index (χ1n) is 7.07. The fourth-order valence-electron chi connectivity index (χ4n) is 2.55. The molecule has 0 aliphatic carbocycles. The molecule has 1 fully saturated rings. The highest BCUT2D eigenvalue weighted by Crippen LogP contribution is 2.44. The highest BCUT2D eigenvalue weighted by Gasteiger charge is 2.67. The second-order valence-electron chi connectivity index (χ2n) is 5.32. The molecule has 8 nitrogen and oxygen atoms in total. The molecule has 1 aliphatic heterocycles. The number of aromatic hydroxyl groups is 2. The number of carbonyl (C=O) groups excluding carboxylic acids is 2. The van der Waals surface area contributed by atoms with E-state index < -0.39 is 47.4 Å². The van der Waals surface area contributed by atoms with Crippen molar-refractivity contribution in [3.8, 4) is 11.5 Å². The molecule has 0 bridgehead atoms. The van der Waals surface area contributed by atoms with Crippen molar-refractivity contribution < 1.29 is 42.8 Å². The fraction of sp³-hybridized carbons (Fsp3) is 0.429. The van der Waals surface area contributed by atoms with Crippen molar-refractivity contribution in [2.75, 3.05) is 6.61 Å². The van der Waals surface area contributed by atoms with E-state index in [-0.39, 0.29) is 12.2 Å². The van der Waals surface area contributed by atoms with Crippen LogP contribution in [0.15, 0.2) is 18.2 Å². The van der Waals surface area contributed by atoms with Gasteiger partial charge in [-0.2, -0.15) is 13.2 Å². The van der Waals surface area contributed by atoms with Crippen LogP contribution in [0.2, 0.25) is 0 Å². The maximum Gasteiger partial charge on any atom is 0.437 e. The summed E-state index contributed by atoms with van der Waals surface area (Å²) in [5, 5.41) is 32.3. The van der Waals surface area contributed by atoms with E-state index in [0.29, 0.717) is 0 Å². The van der Waals surface area contributed by atoms with E-state index >= 15 is 0 Å². The van der Waals surface area contributed by atoms with Gasteiger partial charge in [-0.15, -0.1) is 0 Å². The van der Waals surface area contributed by atoms with Gasteiger partial charge in [0.25, 0.3) is 5.72 Å². The average molecular weight is 364 g/mol. The Kier molecular flexibility index (Phi) is 4.71. The quantitative estimate of drug-likeness (QED) is 0.400. The van der Waals surface area contributed by atoms with Crippen molar-refractivity contribution in [1.82, 2.24) is 10.6 Å². The molecular weight excluding hydrogens is 349 g/mol. The Morgan fingerprint density at radius 1 is 1.32 bits per heavy atom. The molecule has 1 aromatic carbocycles. The first-order chi connectivity index (χ1) is 11.5. The van der Waals surface area contributed by atoms with Crippen molar-refractivity contribution >= 4 is 12.0 Å². The first-order valence-corrected chi connectivity index (χ1v) is 7.07. The molecule has 1 saturated heterocycles. The maximum atomic E-state index is 13.4. The summed E-state index contributed by atoms with van der Waals surface area (Å²) < 4.78 is 44.8. The molecule has 25 heavy (non-hydrogen) atoms. The van der Waals surface area contributed by atoms with Gasteiger partial charge < -0.3 is 30.7 Å². The maximum absolute atomic E-state index is 13.4. The summed E-state index contributed by atoms with van der Waals surface area (Å²) in [4.78, 5) is 23.8. The van der Waals surface area contributed by atoms with E-state index in [1.54, 1.807) is 0 Å². The Hall–Kier alpha value is -2.69. The smallest absolute Gasteiger partial charge is 0.437 e. The highest BCUT2D eigenvalue weighted by atomic mass is 19.4. The van der Waals surface area contributed by atoms with Gasteiger partial charge in [0.05, 0.1) is 12.6 Å². The third-order valence-corrected chi connectivity index (χ3v) is 3.71. The number of aliphatic hydroxyl groups is 1. The van der Waals surface area contributed by atoms with Crippen LogP contribution in [0.5, 0.6) is 11.5 Å². The number of alkyl halides is 3. The summed E-state index contributed by atoms with van der Waals surface area (Å²) in [6.45, 7) is 1.10. The summed E-state index contributed by atoms with van der Waals surface area (Å²) in [5.74, 6) is -4.94. The summed E-state index contributed by atoms with van der Waals surface area (Å²) in [5.41, 5.74) is -4.04. The molecule has 0 saturated carbocycles. The lowest BCUT2D eigenvalue weighted by Crippen LogP contribution is -2.73. The van der Waals surface area contributed by atoms with Gasteiger partial charge in [0.15, 0.2) is 11.5 Å². The number of hydrogen-bond donors (Lipinski definition) is 5. The number of carbonyl (C=O) groups is 2. The van der Waals surface area contributed by atoms with Gasteiger partial charge in [-0.3, -0.25) is 4.79 Å². The number of halogens is 3. The van der Waals surface area contributed by atoms with E-state index in [2.05, 4.69) is 10.1 Å². The van der Waals surface area contributed by atoms with Crippen LogP contribution in [0.1, 0.15) is 18.5 Å². The zero-order chi connectivity index (χ0) is 19.0. The average Bonchev–Trinajstić information content (AvgIpc) is 2.48. The van der Waals surface area contributed by atoms with Gasteiger partial charge in [-0.1, -0.05) is 6.07 Å². The molecule has 2 rings (SSSR count). The number of urea groups is 1. The molecule has 1 heterocycles. The largest absolute Gasteiger partial charge is 0.504 e. The summed E-state index contributed by atoms with van der Waals surface area (Å²) in [6, 6.07) is -0.125. The zero-order valence-corrected chi connectivity index (χ0v) is 12.8. The molecule has 5 N–H and O–H groups in total.